The SMILES string of the molecule is Cc1ccc(Br)cc1C=CCCN=[N+]=[N-]. The number of halogens is 1. The Morgan fingerprint density at radius 2 is 2.33 bits per heavy atom. The maximum absolute atomic E-state index is 8.09. The second kappa shape index (κ2) is 6.27. The summed E-state index contributed by atoms with van der Waals surface area (Å²) in [5.41, 5.74) is 10.5. The summed E-state index contributed by atoms with van der Waals surface area (Å²) in [6.45, 7) is 2.58. The minimum Gasteiger partial charge on any atom is -0.0937 e. The van der Waals surface area contributed by atoms with Crippen LogP contribution < -0.4 is 0 Å². The third-order valence-corrected chi connectivity index (χ3v) is 2.49. The van der Waals surface area contributed by atoms with Crippen LogP contribution >= 0.6 is 15.9 Å². The van der Waals surface area contributed by atoms with Crippen LogP contribution in [0.4, 0.5) is 0 Å². The number of azide groups is 1. The quantitative estimate of drug-likeness (QED) is 0.334. The van der Waals surface area contributed by atoms with E-state index in [1.54, 1.807) is 0 Å². The van der Waals surface area contributed by atoms with Gasteiger partial charge in [-0.3, -0.25) is 0 Å². The third-order valence-electron chi connectivity index (χ3n) is 2.00. The van der Waals surface area contributed by atoms with Crippen LogP contribution in [-0.2, 0) is 0 Å². The molecule has 0 amide bonds. The lowest BCUT2D eigenvalue weighted by Crippen LogP contribution is -1.80. The van der Waals surface area contributed by atoms with Gasteiger partial charge >= 0.3 is 0 Å². The highest BCUT2D eigenvalue weighted by Gasteiger charge is 1.94. The first-order chi connectivity index (χ1) is 7.24. The number of hydrogen-bond donors (Lipinski definition) is 0. The fourth-order valence-electron chi connectivity index (χ4n) is 1.18. The molecular weight excluding hydrogens is 254 g/mol. The van der Waals surface area contributed by atoms with Gasteiger partial charge in [0.25, 0.3) is 0 Å². The largest absolute Gasteiger partial charge is 0.0937 e. The summed E-state index contributed by atoms with van der Waals surface area (Å²) in [5.74, 6) is 0. The molecule has 15 heavy (non-hydrogen) atoms. The van der Waals surface area contributed by atoms with E-state index in [9.17, 15) is 0 Å². The molecule has 0 spiro atoms. The maximum atomic E-state index is 8.09. The predicted octanol–water partition coefficient (Wildman–Crippen LogP) is 4.47. The van der Waals surface area contributed by atoms with E-state index in [0.29, 0.717) is 6.54 Å². The average Bonchev–Trinajstić information content (AvgIpc) is 2.23. The summed E-state index contributed by atoms with van der Waals surface area (Å²) in [6.07, 6.45) is 4.84. The van der Waals surface area contributed by atoms with E-state index in [2.05, 4.69) is 45.0 Å². The smallest absolute Gasteiger partial charge is 0.0292 e. The average molecular weight is 266 g/mol. The van der Waals surface area contributed by atoms with Gasteiger partial charge in [-0.2, -0.15) is 0 Å². The third kappa shape index (κ3) is 4.19. The van der Waals surface area contributed by atoms with Gasteiger partial charge in [0.1, 0.15) is 0 Å². The lowest BCUT2D eigenvalue weighted by Gasteiger charge is -2.00. The van der Waals surface area contributed by atoms with Gasteiger partial charge < -0.3 is 0 Å². The highest BCUT2D eigenvalue weighted by molar-refractivity contribution is 9.10. The lowest BCUT2D eigenvalue weighted by molar-refractivity contribution is 0.995. The molecule has 0 radical (unpaired) electrons. The van der Waals surface area contributed by atoms with Crippen molar-refractivity contribution in [3.05, 3.63) is 50.3 Å². The number of benzene rings is 1. The number of nitrogens with zero attached hydrogens (tertiary/aromatic N) is 3. The molecule has 0 unspecified atom stereocenters. The molecule has 3 nitrogen and oxygen atoms in total. The molecule has 0 saturated heterocycles. The van der Waals surface area contributed by atoms with Gasteiger partial charge in [0.2, 0.25) is 0 Å². The first-order valence-corrected chi connectivity index (χ1v) is 5.47. The lowest BCUT2D eigenvalue weighted by atomic mass is 10.1. The van der Waals surface area contributed by atoms with Crippen LogP contribution in [0.15, 0.2) is 33.9 Å². The van der Waals surface area contributed by atoms with E-state index < -0.39 is 0 Å². The first kappa shape index (κ1) is 11.8. The van der Waals surface area contributed by atoms with Gasteiger partial charge in [0, 0.05) is 15.9 Å². The fraction of sp³-hybridized carbons (Fsp3) is 0.273. The standard InChI is InChI=1S/C11H12BrN3/c1-9-5-6-11(12)8-10(9)4-2-3-7-14-15-13/h2,4-6,8H,3,7H2,1H3. The van der Waals surface area contributed by atoms with Crippen LogP contribution in [-0.4, -0.2) is 6.54 Å². The van der Waals surface area contributed by atoms with Gasteiger partial charge in [0.15, 0.2) is 0 Å². The Morgan fingerprint density at radius 3 is 3.07 bits per heavy atom. The summed E-state index contributed by atoms with van der Waals surface area (Å²) in [6, 6.07) is 6.16. The van der Waals surface area contributed by atoms with E-state index in [1.807, 2.05) is 18.2 Å². The predicted molar refractivity (Wildman–Crippen MR) is 66.5 cm³/mol. The summed E-state index contributed by atoms with van der Waals surface area (Å²) in [7, 11) is 0. The molecule has 0 aliphatic rings. The molecule has 1 aromatic carbocycles. The van der Waals surface area contributed by atoms with Crippen LogP contribution in [0.3, 0.4) is 0 Å². The van der Waals surface area contributed by atoms with Crippen LogP contribution in [0, 0.1) is 6.92 Å². The number of aryl methyl sites for hydroxylation is 1. The van der Waals surface area contributed by atoms with Gasteiger partial charge in [-0.25, -0.2) is 0 Å². The van der Waals surface area contributed by atoms with Gasteiger partial charge in [-0.05, 0) is 42.1 Å². The summed E-state index contributed by atoms with van der Waals surface area (Å²) >= 11 is 3.43. The van der Waals surface area contributed by atoms with Gasteiger partial charge in [-0.15, -0.1) is 0 Å². The monoisotopic (exact) mass is 265 g/mol. The van der Waals surface area contributed by atoms with Crippen molar-refractivity contribution in [3.8, 4) is 0 Å². The fourth-order valence-corrected chi connectivity index (χ4v) is 1.56. The van der Waals surface area contributed by atoms with E-state index in [4.69, 9.17) is 5.53 Å². The van der Waals surface area contributed by atoms with E-state index in [1.165, 1.54) is 11.1 Å². The molecule has 1 aromatic rings. The van der Waals surface area contributed by atoms with Crippen molar-refractivity contribution in [3.63, 3.8) is 0 Å². The van der Waals surface area contributed by atoms with Crippen LogP contribution in [0.25, 0.3) is 16.5 Å². The van der Waals surface area contributed by atoms with Gasteiger partial charge in [0.05, 0.1) is 0 Å². The molecule has 0 atom stereocenters. The van der Waals surface area contributed by atoms with Crippen molar-refractivity contribution in [1.29, 1.82) is 0 Å². The zero-order chi connectivity index (χ0) is 11.1. The molecule has 0 saturated carbocycles. The Kier molecular flexibility index (Phi) is 4.95. The minimum absolute atomic E-state index is 0.514. The molecule has 0 aliphatic carbocycles. The van der Waals surface area contributed by atoms with Crippen LogP contribution in [0.5, 0.6) is 0 Å². The van der Waals surface area contributed by atoms with Gasteiger partial charge in [-0.1, -0.05) is 39.3 Å². The van der Waals surface area contributed by atoms with Crippen molar-refractivity contribution < 1.29 is 0 Å². The highest BCUT2D eigenvalue weighted by atomic mass is 79.9. The zero-order valence-corrected chi connectivity index (χ0v) is 10.1. The van der Waals surface area contributed by atoms with E-state index in [0.717, 1.165) is 10.9 Å². The molecule has 0 aromatic heterocycles. The molecule has 78 valence electrons. The Balaban J connectivity index is 2.63. The molecule has 4 heteroatoms. The molecule has 0 fully saturated rings. The Hall–Kier alpha value is -1.25. The summed E-state index contributed by atoms with van der Waals surface area (Å²) in [5, 5.41) is 3.46. The first-order valence-electron chi connectivity index (χ1n) is 4.67. The van der Waals surface area contributed by atoms with Crippen molar-refractivity contribution in [2.45, 2.75) is 13.3 Å². The molecule has 0 heterocycles. The van der Waals surface area contributed by atoms with Crippen LogP contribution in [0.2, 0.25) is 0 Å². The Bertz CT molecular complexity index is 406. The van der Waals surface area contributed by atoms with Crippen LogP contribution in [0.1, 0.15) is 17.5 Å². The van der Waals surface area contributed by atoms with Crippen molar-refractivity contribution in [2.24, 2.45) is 5.11 Å². The Morgan fingerprint density at radius 1 is 1.53 bits per heavy atom. The number of rotatable bonds is 4. The summed E-state index contributed by atoms with van der Waals surface area (Å²) in [4.78, 5) is 2.70. The second-order valence-electron chi connectivity index (χ2n) is 3.15. The normalized spacial score (nSPS) is 10.3. The molecule has 0 aliphatic heterocycles. The molecule has 0 bridgehead atoms. The topological polar surface area (TPSA) is 48.8 Å². The zero-order valence-electron chi connectivity index (χ0n) is 8.52. The highest BCUT2D eigenvalue weighted by Crippen LogP contribution is 2.17. The molecule has 0 N–H and O–H groups in total. The summed E-state index contributed by atoms with van der Waals surface area (Å²) < 4.78 is 1.07. The maximum Gasteiger partial charge on any atom is 0.0292 e. The van der Waals surface area contributed by atoms with E-state index in [-0.39, 0.29) is 0 Å². The Labute approximate surface area is 97.6 Å². The number of hydrogen-bond acceptors (Lipinski definition) is 1. The molecular formula is C11H12BrN3. The molecule has 1 rings (SSSR count). The van der Waals surface area contributed by atoms with Crippen molar-refractivity contribution >= 4 is 22.0 Å². The second-order valence-corrected chi connectivity index (χ2v) is 4.06. The van der Waals surface area contributed by atoms with Crippen molar-refractivity contribution in [2.75, 3.05) is 6.54 Å². The minimum atomic E-state index is 0.514. The van der Waals surface area contributed by atoms with E-state index >= 15 is 0 Å². The van der Waals surface area contributed by atoms with Crippen molar-refractivity contribution in [1.82, 2.24) is 0 Å².